The first-order valence-electron chi connectivity index (χ1n) is 4.27. The molecule has 0 bridgehead atoms. The zero-order chi connectivity index (χ0) is 10.2. The first-order valence-corrected chi connectivity index (χ1v) is 5.71. The highest BCUT2D eigenvalue weighted by Gasteiger charge is 2.35. The summed E-state index contributed by atoms with van der Waals surface area (Å²) >= 11 is 0. The summed E-state index contributed by atoms with van der Waals surface area (Å²) in [6, 6.07) is 4.79. The molecule has 2 rings (SSSR count). The van der Waals surface area contributed by atoms with Gasteiger partial charge in [-0.2, -0.15) is 4.31 Å². The zero-order valence-electron chi connectivity index (χ0n) is 7.50. The number of rotatable bonds is 2. The third-order valence-electron chi connectivity index (χ3n) is 2.12. The Morgan fingerprint density at radius 3 is 2.64 bits per heavy atom. The summed E-state index contributed by atoms with van der Waals surface area (Å²) in [7, 11) is -3.39. The van der Waals surface area contributed by atoms with Crippen LogP contribution in [-0.2, 0) is 10.0 Å². The summed E-state index contributed by atoms with van der Waals surface area (Å²) < 4.78 is 24.9. The molecule has 0 radical (unpaired) electrons. The number of pyridine rings is 1. The molecule has 0 unspecified atom stereocenters. The number of sulfonamides is 1. The van der Waals surface area contributed by atoms with Gasteiger partial charge in [0.2, 0.25) is 0 Å². The second-order valence-electron chi connectivity index (χ2n) is 3.25. The van der Waals surface area contributed by atoms with Gasteiger partial charge in [-0.05, 0) is 12.1 Å². The summed E-state index contributed by atoms with van der Waals surface area (Å²) in [6.07, 6.45) is 1.46. The Balaban J connectivity index is 2.26. The van der Waals surface area contributed by atoms with Crippen molar-refractivity contribution in [3.05, 3.63) is 24.4 Å². The van der Waals surface area contributed by atoms with E-state index in [1.54, 1.807) is 12.1 Å². The predicted molar refractivity (Wildman–Crippen MR) is 51.0 cm³/mol. The molecule has 5 nitrogen and oxygen atoms in total. The van der Waals surface area contributed by atoms with Crippen molar-refractivity contribution < 1.29 is 8.42 Å². The van der Waals surface area contributed by atoms with E-state index < -0.39 is 10.0 Å². The van der Waals surface area contributed by atoms with Gasteiger partial charge in [-0.25, -0.2) is 13.4 Å². The van der Waals surface area contributed by atoms with Gasteiger partial charge < -0.3 is 5.73 Å². The van der Waals surface area contributed by atoms with Crippen LogP contribution < -0.4 is 5.73 Å². The van der Waals surface area contributed by atoms with E-state index in [0.717, 1.165) is 0 Å². The fourth-order valence-electron chi connectivity index (χ4n) is 1.30. The van der Waals surface area contributed by atoms with Gasteiger partial charge in [0.15, 0.2) is 5.03 Å². The summed E-state index contributed by atoms with van der Waals surface area (Å²) in [4.78, 5) is 3.81. The molecule has 1 aromatic heterocycles. The molecule has 1 aliphatic rings. The van der Waals surface area contributed by atoms with Crippen molar-refractivity contribution >= 4 is 10.0 Å². The maximum atomic E-state index is 11.8. The largest absolute Gasteiger partial charge is 0.325 e. The minimum absolute atomic E-state index is 0.0338. The molecule has 0 amide bonds. The van der Waals surface area contributed by atoms with Crippen molar-refractivity contribution in [3.63, 3.8) is 0 Å². The Morgan fingerprint density at radius 2 is 2.14 bits per heavy atom. The van der Waals surface area contributed by atoms with Gasteiger partial charge in [-0.15, -0.1) is 0 Å². The monoisotopic (exact) mass is 213 g/mol. The van der Waals surface area contributed by atoms with Gasteiger partial charge in [0.1, 0.15) is 0 Å². The smallest absolute Gasteiger partial charge is 0.260 e. The van der Waals surface area contributed by atoms with Crippen molar-refractivity contribution in [2.45, 2.75) is 11.1 Å². The molecule has 2 heterocycles. The third kappa shape index (κ3) is 1.52. The molecule has 0 aliphatic carbocycles. The van der Waals surface area contributed by atoms with Crippen LogP contribution in [0.4, 0.5) is 0 Å². The molecule has 14 heavy (non-hydrogen) atoms. The molecular weight excluding hydrogens is 202 g/mol. The van der Waals surface area contributed by atoms with Crippen LogP contribution in [0, 0.1) is 0 Å². The Hall–Kier alpha value is -0.980. The average molecular weight is 213 g/mol. The predicted octanol–water partition coefficient (Wildman–Crippen LogP) is -0.587. The fourth-order valence-corrected chi connectivity index (χ4v) is 2.78. The maximum absolute atomic E-state index is 11.8. The average Bonchev–Trinajstić information content (AvgIpc) is 2.14. The van der Waals surface area contributed by atoms with Crippen LogP contribution in [0.2, 0.25) is 0 Å². The Kier molecular flexibility index (Phi) is 2.26. The van der Waals surface area contributed by atoms with Crippen molar-refractivity contribution in [3.8, 4) is 0 Å². The van der Waals surface area contributed by atoms with Crippen LogP contribution >= 0.6 is 0 Å². The van der Waals surface area contributed by atoms with Gasteiger partial charge in [0, 0.05) is 25.3 Å². The van der Waals surface area contributed by atoms with Crippen LogP contribution in [0.15, 0.2) is 29.4 Å². The second-order valence-corrected chi connectivity index (χ2v) is 5.13. The van der Waals surface area contributed by atoms with E-state index in [1.165, 1.54) is 16.6 Å². The topological polar surface area (TPSA) is 76.3 Å². The standard InChI is InChI=1S/C8H11N3O2S/c9-7-5-11(6-7)14(12,13)8-3-1-2-4-10-8/h1-4,7H,5-6,9H2. The lowest BCUT2D eigenvalue weighted by Crippen LogP contribution is -2.57. The molecule has 1 aromatic rings. The Bertz CT molecular complexity index is 411. The Labute approximate surface area is 82.6 Å². The number of aromatic nitrogens is 1. The van der Waals surface area contributed by atoms with Crippen LogP contribution in [0.1, 0.15) is 0 Å². The lowest BCUT2D eigenvalue weighted by molar-refractivity contribution is 0.265. The van der Waals surface area contributed by atoms with Gasteiger partial charge >= 0.3 is 0 Å². The molecule has 1 saturated heterocycles. The van der Waals surface area contributed by atoms with Crippen LogP contribution in [0.25, 0.3) is 0 Å². The van der Waals surface area contributed by atoms with Crippen molar-refractivity contribution in [2.75, 3.05) is 13.1 Å². The van der Waals surface area contributed by atoms with E-state index >= 15 is 0 Å². The van der Waals surface area contributed by atoms with E-state index in [2.05, 4.69) is 4.98 Å². The SMILES string of the molecule is NC1CN(S(=O)(=O)c2ccccn2)C1. The molecule has 6 heteroatoms. The highest BCUT2D eigenvalue weighted by atomic mass is 32.2. The molecule has 76 valence electrons. The zero-order valence-corrected chi connectivity index (χ0v) is 8.31. The third-order valence-corrected chi connectivity index (χ3v) is 3.87. The number of nitrogens with two attached hydrogens (primary N) is 1. The lowest BCUT2D eigenvalue weighted by atomic mass is 10.2. The normalized spacial score (nSPS) is 19.2. The summed E-state index contributed by atoms with van der Waals surface area (Å²) in [5, 5.41) is 0.0897. The first-order chi connectivity index (χ1) is 6.60. The highest BCUT2D eigenvalue weighted by molar-refractivity contribution is 7.89. The Morgan fingerprint density at radius 1 is 1.43 bits per heavy atom. The molecule has 1 fully saturated rings. The van der Waals surface area contributed by atoms with Gasteiger partial charge in [-0.3, -0.25) is 0 Å². The van der Waals surface area contributed by atoms with Crippen LogP contribution in [-0.4, -0.2) is 36.8 Å². The number of hydrogen-bond donors (Lipinski definition) is 1. The summed E-state index contributed by atoms with van der Waals surface area (Å²) in [5.41, 5.74) is 5.52. The van der Waals surface area contributed by atoms with Crippen molar-refractivity contribution in [1.82, 2.24) is 9.29 Å². The molecule has 0 spiro atoms. The summed E-state index contributed by atoms with van der Waals surface area (Å²) in [5.74, 6) is 0. The molecular formula is C8H11N3O2S. The molecule has 0 aromatic carbocycles. The second kappa shape index (κ2) is 3.30. The highest BCUT2D eigenvalue weighted by Crippen LogP contribution is 2.18. The molecule has 1 aliphatic heterocycles. The van der Waals surface area contributed by atoms with Crippen LogP contribution in [0.3, 0.4) is 0 Å². The summed E-state index contributed by atoms with van der Waals surface area (Å²) in [6.45, 7) is 0.776. The van der Waals surface area contributed by atoms with E-state index in [9.17, 15) is 8.42 Å². The quantitative estimate of drug-likeness (QED) is 0.712. The van der Waals surface area contributed by atoms with Crippen molar-refractivity contribution in [2.24, 2.45) is 5.73 Å². The molecule has 2 N–H and O–H groups in total. The van der Waals surface area contributed by atoms with E-state index in [-0.39, 0.29) is 11.1 Å². The van der Waals surface area contributed by atoms with Crippen LogP contribution in [0.5, 0.6) is 0 Å². The minimum Gasteiger partial charge on any atom is -0.325 e. The fraction of sp³-hybridized carbons (Fsp3) is 0.375. The maximum Gasteiger partial charge on any atom is 0.260 e. The molecule has 0 atom stereocenters. The number of nitrogens with zero attached hydrogens (tertiary/aromatic N) is 2. The van der Waals surface area contributed by atoms with Crippen molar-refractivity contribution in [1.29, 1.82) is 0 Å². The van der Waals surface area contributed by atoms with Gasteiger partial charge in [0.05, 0.1) is 0 Å². The van der Waals surface area contributed by atoms with E-state index in [4.69, 9.17) is 5.73 Å². The van der Waals surface area contributed by atoms with E-state index in [1.807, 2.05) is 0 Å². The van der Waals surface area contributed by atoms with E-state index in [0.29, 0.717) is 13.1 Å². The molecule has 0 saturated carbocycles. The first kappa shape index (κ1) is 9.57. The van der Waals surface area contributed by atoms with Gasteiger partial charge in [-0.1, -0.05) is 6.07 Å². The van der Waals surface area contributed by atoms with Gasteiger partial charge in [0.25, 0.3) is 10.0 Å². The minimum atomic E-state index is -3.39. The lowest BCUT2D eigenvalue weighted by Gasteiger charge is -2.35. The number of hydrogen-bond acceptors (Lipinski definition) is 4.